The number of carboxylic acids is 1. The Bertz CT molecular complexity index is 507. The molecule has 0 radical (unpaired) electrons. The average molecular weight is 331 g/mol. The molecule has 1 amide bonds. The molecule has 0 aromatic heterocycles. The Balaban J connectivity index is 1.57. The maximum Gasteiger partial charge on any atom is 0.303 e. The third-order valence-electron chi connectivity index (χ3n) is 4.92. The number of carboxylic acid groups (broad SMARTS) is 1. The summed E-state index contributed by atoms with van der Waals surface area (Å²) in [6.45, 7) is 1.77. The van der Waals surface area contributed by atoms with Crippen LogP contribution in [0.5, 0.6) is 0 Å². The standard InChI is InChI=1S/C20H29NO3/c22-19(16-18-9-5-3-6-10-18)21-14-12-17(13-15-21)8-4-1-2-7-11-20(23)24/h3,5-6,9-10,17H,1-2,4,7-8,11-16H2,(H,23,24). The highest BCUT2D eigenvalue weighted by molar-refractivity contribution is 5.78. The van der Waals surface area contributed by atoms with E-state index in [0.717, 1.165) is 56.7 Å². The highest BCUT2D eigenvalue weighted by Crippen LogP contribution is 2.23. The van der Waals surface area contributed by atoms with Crippen LogP contribution in [-0.4, -0.2) is 35.0 Å². The van der Waals surface area contributed by atoms with Gasteiger partial charge in [-0.05, 0) is 30.7 Å². The van der Waals surface area contributed by atoms with Crippen LogP contribution in [0.1, 0.15) is 56.9 Å². The number of rotatable bonds is 9. The third-order valence-corrected chi connectivity index (χ3v) is 4.92. The normalized spacial score (nSPS) is 15.4. The lowest BCUT2D eigenvalue weighted by Gasteiger charge is -2.32. The summed E-state index contributed by atoms with van der Waals surface area (Å²) in [6, 6.07) is 9.95. The fourth-order valence-electron chi connectivity index (χ4n) is 3.42. The SMILES string of the molecule is O=C(O)CCCCCCC1CCN(C(=O)Cc2ccccc2)CC1. The molecule has 0 bridgehead atoms. The van der Waals surface area contributed by atoms with Crippen molar-refractivity contribution in [2.75, 3.05) is 13.1 Å². The molecule has 1 N–H and O–H groups in total. The highest BCUT2D eigenvalue weighted by atomic mass is 16.4. The van der Waals surface area contributed by atoms with Gasteiger partial charge in [-0.25, -0.2) is 0 Å². The first-order chi connectivity index (χ1) is 11.6. The summed E-state index contributed by atoms with van der Waals surface area (Å²) in [5, 5.41) is 8.60. The molecule has 1 aliphatic rings. The summed E-state index contributed by atoms with van der Waals surface area (Å²) < 4.78 is 0. The number of nitrogens with zero attached hydrogens (tertiary/aromatic N) is 1. The van der Waals surface area contributed by atoms with E-state index in [9.17, 15) is 9.59 Å². The van der Waals surface area contributed by atoms with E-state index in [1.54, 1.807) is 0 Å². The summed E-state index contributed by atoms with van der Waals surface area (Å²) in [4.78, 5) is 24.8. The second kappa shape index (κ2) is 10.1. The molecule has 132 valence electrons. The zero-order valence-electron chi connectivity index (χ0n) is 14.5. The molecule has 0 spiro atoms. The highest BCUT2D eigenvalue weighted by Gasteiger charge is 2.22. The Morgan fingerprint density at radius 3 is 2.33 bits per heavy atom. The first kappa shape index (κ1) is 18.5. The van der Waals surface area contributed by atoms with Gasteiger partial charge in [0.15, 0.2) is 0 Å². The number of likely N-dealkylation sites (tertiary alicyclic amines) is 1. The Kier molecular flexibility index (Phi) is 7.80. The predicted molar refractivity (Wildman–Crippen MR) is 94.8 cm³/mol. The zero-order chi connectivity index (χ0) is 17.2. The van der Waals surface area contributed by atoms with E-state index in [-0.39, 0.29) is 5.91 Å². The van der Waals surface area contributed by atoms with Crippen LogP contribution in [0, 0.1) is 5.92 Å². The number of carbonyl (C=O) groups excluding carboxylic acids is 1. The van der Waals surface area contributed by atoms with Gasteiger partial charge in [-0.1, -0.05) is 56.0 Å². The molecular formula is C20H29NO3. The summed E-state index contributed by atoms with van der Waals surface area (Å²) in [6.07, 6.45) is 8.35. The molecule has 4 nitrogen and oxygen atoms in total. The summed E-state index contributed by atoms with van der Waals surface area (Å²) in [5.41, 5.74) is 1.09. The van der Waals surface area contributed by atoms with Gasteiger partial charge in [0.25, 0.3) is 0 Å². The molecule has 1 aliphatic heterocycles. The number of piperidine rings is 1. The van der Waals surface area contributed by atoms with Gasteiger partial charge in [0.1, 0.15) is 0 Å². The van der Waals surface area contributed by atoms with E-state index in [1.165, 1.54) is 12.8 Å². The molecule has 0 saturated carbocycles. The summed E-state index contributed by atoms with van der Waals surface area (Å²) in [5.74, 6) is 0.279. The van der Waals surface area contributed by atoms with E-state index in [0.29, 0.717) is 12.8 Å². The van der Waals surface area contributed by atoms with E-state index in [2.05, 4.69) is 0 Å². The molecule has 24 heavy (non-hydrogen) atoms. The Hall–Kier alpha value is -1.84. The lowest BCUT2D eigenvalue weighted by molar-refractivity contribution is -0.137. The first-order valence-electron chi connectivity index (χ1n) is 9.18. The van der Waals surface area contributed by atoms with E-state index >= 15 is 0 Å². The summed E-state index contributed by atoms with van der Waals surface area (Å²) >= 11 is 0. The lowest BCUT2D eigenvalue weighted by atomic mass is 9.91. The Morgan fingerprint density at radius 2 is 1.67 bits per heavy atom. The summed E-state index contributed by atoms with van der Waals surface area (Å²) in [7, 11) is 0. The number of hydrogen-bond donors (Lipinski definition) is 1. The van der Waals surface area contributed by atoms with Crippen LogP contribution in [0.3, 0.4) is 0 Å². The lowest BCUT2D eigenvalue weighted by Crippen LogP contribution is -2.39. The number of amides is 1. The fraction of sp³-hybridized carbons (Fsp3) is 0.600. The topological polar surface area (TPSA) is 57.6 Å². The van der Waals surface area contributed by atoms with Gasteiger partial charge < -0.3 is 10.0 Å². The molecule has 0 unspecified atom stereocenters. The van der Waals surface area contributed by atoms with Crippen LogP contribution in [0.25, 0.3) is 0 Å². The molecule has 2 rings (SSSR count). The Morgan fingerprint density at radius 1 is 1.00 bits per heavy atom. The number of carbonyl (C=O) groups is 2. The minimum atomic E-state index is -0.692. The molecule has 1 heterocycles. The van der Waals surface area contributed by atoms with E-state index in [1.807, 2.05) is 35.2 Å². The van der Waals surface area contributed by atoms with Crippen molar-refractivity contribution in [3.8, 4) is 0 Å². The van der Waals surface area contributed by atoms with Crippen molar-refractivity contribution < 1.29 is 14.7 Å². The molecule has 1 aromatic carbocycles. The fourth-order valence-corrected chi connectivity index (χ4v) is 3.42. The van der Waals surface area contributed by atoms with Crippen LogP contribution in [0.15, 0.2) is 30.3 Å². The van der Waals surface area contributed by atoms with Gasteiger partial charge in [-0.2, -0.15) is 0 Å². The van der Waals surface area contributed by atoms with Crippen molar-refractivity contribution in [3.63, 3.8) is 0 Å². The molecule has 4 heteroatoms. The van der Waals surface area contributed by atoms with Crippen molar-refractivity contribution in [3.05, 3.63) is 35.9 Å². The van der Waals surface area contributed by atoms with Crippen molar-refractivity contribution in [2.45, 2.75) is 57.8 Å². The van der Waals surface area contributed by atoms with Crippen LogP contribution in [0.2, 0.25) is 0 Å². The number of aliphatic carboxylic acids is 1. The number of hydrogen-bond acceptors (Lipinski definition) is 2. The monoisotopic (exact) mass is 331 g/mol. The van der Waals surface area contributed by atoms with Gasteiger partial charge in [-0.15, -0.1) is 0 Å². The molecule has 0 atom stereocenters. The quantitative estimate of drug-likeness (QED) is 0.698. The van der Waals surface area contributed by atoms with Gasteiger partial charge >= 0.3 is 5.97 Å². The van der Waals surface area contributed by atoms with Crippen molar-refractivity contribution >= 4 is 11.9 Å². The second-order valence-electron chi connectivity index (χ2n) is 6.83. The van der Waals surface area contributed by atoms with Crippen LogP contribution < -0.4 is 0 Å². The minimum Gasteiger partial charge on any atom is -0.481 e. The Labute approximate surface area is 144 Å². The number of unbranched alkanes of at least 4 members (excludes halogenated alkanes) is 3. The molecule has 0 aliphatic carbocycles. The average Bonchev–Trinajstić information content (AvgIpc) is 2.59. The smallest absolute Gasteiger partial charge is 0.303 e. The van der Waals surface area contributed by atoms with Gasteiger partial charge in [-0.3, -0.25) is 9.59 Å². The van der Waals surface area contributed by atoms with Crippen molar-refractivity contribution in [2.24, 2.45) is 5.92 Å². The third kappa shape index (κ3) is 6.73. The number of benzene rings is 1. The predicted octanol–water partition coefficient (Wildman–Crippen LogP) is 3.89. The maximum atomic E-state index is 12.3. The van der Waals surface area contributed by atoms with Crippen molar-refractivity contribution in [1.82, 2.24) is 4.90 Å². The first-order valence-corrected chi connectivity index (χ1v) is 9.18. The minimum absolute atomic E-state index is 0.244. The van der Waals surface area contributed by atoms with Crippen LogP contribution in [-0.2, 0) is 16.0 Å². The molecular weight excluding hydrogens is 302 g/mol. The van der Waals surface area contributed by atoms with Gasteiger partial charge in [0, 0.05) is 19.5 Å². The van der Waals surface area contributed by atoms with Gasteiger partial charge in [0.2, 0.25) is 5.91 Å². The van der Waals surface area contributed by atoms with Crippen molar-refractivity contribution in [1.29, 1.82) is 0 Å². The van der Waals surface area contributed by atoms with Gasteiger partial charge in [0.05, 0.1) is 6.42 Å². The van der Waals surface area contributed by atoms with Crippen LogP contribution >= 0.6 is 0 Å². The maximum absolute atomic E-state index is 12.3. The molecule has 1 fully saturated rings. The molecule has 1 saturated heterocycles. The largest absolute Gasteiger partial charge is 0.481 e. The van der Waals surface area contributed by atoms with E-state index < -0.39 is 5.97 Å². The second-order valence-corrected chi connectivity index (χ2v) is 6.83. The van der Waals surface area contributed by atoms with E-state index in [4.69, 9.17) is 5.11 Å². The zero-order valence-corrected chi connectivity index (χ0v) is 14.5. The van der Waals surface area contributed by atoms with Crippen LogP contribution in [0.4, 0.5) is 0 Å². The molecule has 1 aromatic rings.